The highest BCUT2D eigenvalue weighted by Crippen LogP contribution is 2.30. The van der Waals surface area contributed by atoms with Crippen molar-refractivity contribution >= 4 is 0 Å². The van der Waals surface area contributed by atoms with Crippen LogP contribution in [0, 0.1) is 6.92 Å². The molecule has 2 N–H and O–H groups in total. The third-order valence-corrected chi connectivity index (χ3v) is 2.66. The van der Waals surface area contributed by atoms with Gasteiger partial charge >= 0.3 is 6.18 Å². The van der Waals surface area contributed by atoms with Crippen molar-refractivity contribution in [3.63, 3.8) is 0 Å². The van der Waals surface area contributed by atoms with Gasteiger partial charge in [-0.15, -0.1) is 0 Å². The summed E-state index contributed by atoms with van der Waals surface area (Å²) in [4.78, 5) is 0. The van der Waals surface area contributed by atoms with Crippen molar-refractivity contribution in [2.75, 3.05) is 0 Å². The minimum absolute atomic E-state index is 0.310. The van der Waals surface area contributed by atoms with Crippen molar-refractivity contribution in [1.29, 1.82) is 0 Å². The smallest absolute Gasteiger partial charge is 0.326 e. The zero-order valence-electron chi connectivity index (χ0n) is 9.70. The fourth-order valence-electron chi connectivity index (χ4n) is 1.65. The molecule has 0 spiro atoms. The third-order valence-electron chi connectivity index (χ3n) is 2.66. The van der Waals surface area contributed by atoms with Crippen LogP contribution in [-0.4, -0.2) is 9.78 Å². The number of nitrogens with two attached hydrogens (primary N) is 1. The first-order chi connectivity index (χ1) is 8.41. The number of rotatable bonds is 2. The van der Waals surface area contributed by atoms with Crippen LogP contribution in [0.25, 0.3) is 5.69 Å². The first kappa shape index (κ1) is 12.6. The molecule has 0 unspecified atom stereocenters. The first-order valence-electron chi connectivity index (χ1n) is 5.34. The molecular formula is C12H12F3N3. The number of aromatic nitrogens is 2. The molecule has 0 atom stereocenters. The second-order valence-corrected chi connectivity index (χ2v) is 3.94. The van der Waals surface area contributed by atoms with Crippen molar-refractivity contribution in [1.82, 2.24) is 9.78 Å². The Hall–Kier alpha value is -1.82. The van der Waals surface area contributed by atoms with Crippen molar-refractivity contribution in [2.24, 2.45) is 5.73 Å². The summed E-state index contributed by atoms with van der Waals surface area (Å²) < 4.78 is 39.2. The van der Waals surface area contributed by atoms with E-state index in [0.717, 1.165) is 23.4 Å². The summed E-state index contributed by atoms with van der Waals surface area (Å²) in [6.45, 7) is 2.08. The largest absolute Gasteiger partial charge is 0.416 e. The Morgan fingerprint density at radius 2 is 2.06 bits per heavy atom. The Labute approximate surface area is 102 Å². The molecule has 0 saturated carbocycles. The molecule has 0 radical (unpaired) electrons. The third kappa shape index (κ3) is 2.38. The molecule has 0 aliphatic rings. The van der Waals surface area contributed by atoms with Gasteiger partial charge in [0, 0.05) is 18.3 Å². The lowest BCUT2D eigenvalue weighted by molar-refractivity contribution is -0.137. The van der Waals surface area contributed by atoms with Crippen molar-refractivity contribution in [3.8, 4) is 5.69 Å². The number of halogens is 3. The lowest BCUT2D eigenvalue weighted by Gasteiger charge is -2.08. The number of nitrogens with zero attached hydrogens (tertiary/aromatic N) is 2. The maximum absolute atomic E-state index is 12.6. The number of hydrogen-bond donors (Lipinski definition) is 1. The zero-order valence-corrected chi connectivity index (χ0v) is 9.70. The van der Waals surface area contributed by atoms with Crippen LogP contribution >= 0.6 is 0 Å². The lowest BCUT2D eigenvalue weighted by Crippen LogP contribution is -2.06. The van der Waals surface area contributed by atoms with E-state index in [1.165, 1.54) is 10.7 Å². The van der Waals surface area contributed by atoms with Gasteiger partial charge in [0.15, 0.2) is 0 Å². The predicted octanol–water partition coefficient (Wildman–Crippen LogP) is 2.66. The van der Waals surface area contributed by atoms with Gasteiger partial charge in [-0.2, -0.15) is 18.3 Å². The Morgan fingerprint density at radius 3 is 2.61 bits per heavy atom. The highest BCUT2D eigenvalue weighted by atomic mass is 19.4. The molecule has 0 saturated heterocycles. The molecule has 0 amide bonds. The fraction of sp³-hybridized carbons (Fsp3) is 0.250. The quantitative estimate of drug-likeness (QED) is 0.896. The molecule has 0 aliphatic carbocycles. The number of benzene rings is 1. The normalized spacial score (nSPS) is 11.8. The summed E-state index contributed by atoms with van der Waals surface area (Å²) in [6, 6.07) is 5.02. The zero-order chi connectivity index (χ0) is 13.3. The average Bonchev–Trinajstić information content (AvgIpc) is 2.70. The van der Waals surface area contributed by atoms with E-state index in [4.69, 9.17) is 5.73 Å². The fourth-order valence-corrected chi connectivity index (χ4v) is 1.65. The van der Waals surface area contributed by atoms with Crippen LogP contribution in [0.4, 0.5) is 13.2 Å². The molecule has 0 fully saturated rings. The minimum Gasteiger partial charge on any atom is -0.326 e. The van der Waals surface area contributed by atoms with E-state index in [-0.39, 0.29) is 0 Å². The average molecular weight is 255 g/mol. The molecule has 0 bridgehead atoms. The summed E-state index contributed by atoms with van der Waals surface area (Å²) >= 11 is 0. The molecule has 1 aromatic heterocycles. The molecule has 6 heteroatoms. The summed E-state index contributed by atoms with van der Waals surface area (Å²) in [5, 5.41) is 4.14. The van der Waals surface area contributed by atoms with E-state index >= 15 is 0 Å². The molecule has 2 aromatic rings. The highest BCUT2D eigenvalue weighted by Gasteiger charge is 2.30. The Bertz CT molecular complexity index is 558. The Morgan fingerprint density at radius 1 is 1.33 bits per heavy atom. The molecule has 96 valence electrons. The van der Waals surface area contributed by atoms with E-state index in [2.05, 4.69) is 5.10 Å². The minimum atomic E-state index is -4.35. The lowest BCUT2D eigenvalue weighted by atomic mass is 10.2. The van der Waals surface area contributed by atoms with Gasteiger partial charge in [-0.25, -0.2) is 4.68 Å². The van der Waals surface area contributed by atoms with Crippen LogP contribution in [0.5, 0.6) is 0 Å². The standard InChI is InChI=1S/C12H12F3N3/c1-8-9(6-16)7-18(17-8)11-4-2-3-10(5-11)12(13,14)15/h2-5,7H,6,16H2,1H3. The predicted molar refractivity (Wildman–Crippen MR) is 61.2 cm³/mol. The summed E-state index contributed by atoms with van der Waals surface area (Å²) in [5.74, 6) is 0. The maximum Gasteiger partial charge on any atom is 0.416 e. The van der Waals surface area contributed by atoms with Crippen molar-refractivity contribution in [2.45, 2.75) is 19.6 Å². The number of aryl methyl sites for hydroxylation is 1. The van der Waals surface area contributed by atoms with E-state index in [9.17, 15) is 13.2 Å². The van der Waals surface area contributed by atoms with Gasteiger partial charge in [0.05, 0.1) is 16.9 Å². The van der Waals surface area contributed by atoms with Gasteiger partial charge in [0.2, 0.25) is 0 Å². The molecule has 1 aromatic carbocycles. The summed E-state index contributed by atoms with van der Waals surface area (Å²) in [6.07, 6.45) is -2.71. The summed E-state index contributed by atoms with van der Waals surface area (Å²) in [5.41, 5.74) is 6.71. The molecule has 2 rings (SSSR count). The van der Waals surface area contributed by atoms with Crippen LogP contribution in [0.15, 0.2) is 30.5 Å². The highest BCUT2D eigenvalue weighted by molar-refractivity contribution is 5.37. The van der Waals surface area contributed by atoms with Gasteiger partial charge in [-0.1, -0.05) is 6.07 Å². The molecule has 1 heterocycles. The van der Waals surface area contributed by atoms with Gasteiger partial charge in [0.25, 0.3) is 0 Å². The van der Waals surface area contributed by atoms with Gasteiger partial charge < -0.3 is 5.73 Å². The second-order valence-electron chi connectivity index (χ2n) is 3.94. The molecule has 18 heavy (non-hydrogen) atoms. The van der Waals surface area contributed by atoms with Gasteiger partial charge in [-0.3, -0.25) is 0 Å². The van der Waals surface area contributed by atoms with E-state index in [0.29, 0.717) is 12.2 Å². The maximum atomic E-state index is 12.6. The van der Waals surface area contributed by atoms with Crippen LogP contribution in [0.1, 0.15) is 16.8 Å². The van der Waals surface area contributed by atoms with E-state index in [1.807, 2.05) is 0 Å². The van der Waals surface area contributed by atoms with Crippen molar-refractivity contribution < 1.29 is 13.2 Å². The number of alkyl halides is 3. The van der Waals surface area contributed by atoms with Crippen LogP contribution in [0.3, 0.4) is 0 Å². The Kier molecular flexibility index (Phi) is 3.13. The topological polar surface area (TPSA) is 43.8 Å². The molecule has 0 aliphatic heterocycles. The van der Waals surface area contributed by atoms with Crippen LogP contribution in [0.2, 0.25) is 0 Å². The van der Waals surface area contributed by atoms with Crippen LogP contribution in [-0.2, 0) is 12.7 Å². The molecule has 3 nitrogen and oxygen atoms in total. The van der Waals surface area contributed by atoms with Gasteiger partial charge in [0.1, 0.15) is 0 Å². The monoisotopic (exact) mass is 255 g/mol. The second kappa shape index (κ2) is 4.45. The SMILES string of the molecule is Cc1nn(-c2cccc(C(F)(F)F)c2)cc1CN. The molecular weight excluding hydrogens is 243 g/mol. The Balaban J connectivity index is 2.44. The van der Waals surface area contributed by atoms with Gasteiger partial charge in [-0.05, 0) is 25.1 Å². The summed E-state index contributed by atoms with van der Waals surface area (Å²) in [7, 11) is 0. The van der Waals surface area contributed by atoms with Crippen LogP contribution < -0.4 is 5.73 Å². The number of hydrogen-bond acceptors (Lipinski definition) is 2. The first-order valence-corrected chi connectivity index (χ1v) is 5.34. The van der Waals surface area contributed by atoms with E-state index < -0.39 is 11.7 Å². The van der Waals surface area contributed by atoms with Crippen molar-refractivity contribution in [3.05, 3.63) is 47.3 Å². The van der Waals surface area contributed by atoms with E-state index in [1.54, 1.807) is 19.2 Å².